The van der Waals surface area contributed by atoms with Crippen molar-refractivity contribution in [1.29, 1.82) is 0 Å². The molecule has 7 nitrogen and oxygen atoms in total. The molecule has 1 aromatic carbocycles. The quantitative estimate of drug-likeness (QED) is 0.657. The lowest BCUT2D eigenvalue weighted by Gasteiger charge is -2.21. The molecule has 0 bridgehead atoms. The van der Waals surface area contributed by atoms with E-state index in [9.17, 15) is 14.4 Å². The first kappa shape index (κ1) is 17.7. The summed E-state index contributed by atoms with van der Waals surface area (Å²) in [7, 11) is 1.49. The fourth-order valence-electron chi connectivity index (χ4n) is 3.32. The standard InChI is InChI=1S/C19H20N2O5/c1-11-7-15(12(2)26-11)19(3)17(23)21(18(24)20-19)9-14-8-13(10-22)5-6-16(14)25-4/h5-8,10H,9H2,1-4H3,(H,20,24). The van der Waals surface area contributed by atoms with Crippen LogP contribution in [-0.2, 0) is 16.9 Å². The van der Waals surface area contributed by atoms with Crippen molar-refractivity contribution in [2.75, 3.05) is 7.11 Å². The molecule has 1 aliphatic rings. The Bertz CT molecular complexity index is 901. The molecule has 1 saturated heterocycles. The number of benzene rings is 1. The second-order valence-electron chi connectivity index (χ2n) is 6.46. The number of amides is 3. The van der Waals surface area contributed by atoms with Crippen LogP contribution in [0.15, 0.2) is 28.7 Å². The van der Waals surface area contributed by atoms with Crippen molar-refractivity contribution < 1.29 is 23.5 Å². The van der Waals surface area contributed by atoms with Gasteiger partial charge in [-0.15, -0.1) is 0 Å². The first-order valence-corrected chi connectivity index (χ1v) is 8.14. The highest BCUT2D eigenvalue weighted by Crippen LogP contribution is 2.34. The van der Waals surface area contributed by atoms with E-state index in [2.05, 4.69) is 5.32 Å². The Hall–Kier alpha value is -3.09. The number of methoxy groups -OCH3 is 1. The number of hydrogen-bond acceptors (Lipinski definition) is 5. The summed E-state index contributed by atoms with van der Waals surface area (Å²) in [6.45, 7) is 5.20. The van der Waals surface area contributed by atoms with E-state index in [1.807, 2.05) is 0 Å². The maximum absolute atomic E-state index is 13.0. The molecule has 0 radical (unpaired) electrons. The van der Waals surface area contributed by atoms with Crippen LogP contribution in [0.5, 0.6) is 5.75 Å². The van der Waals surface area contributed by atoms with Gasteiger partial charge in [-0.25, -0.2) is 4.79 Å². The van der Waals surface area contributed by atoms with Crippen LogP contribution in [0.2, 0.25) is 0 Å². The van der Waals surface area contributed by atoms with E-state index in [1.165, 1.54) is 7.11 Å². The highest BCUT2D eigenvalue weighted by Gasteiger charge is 2.50. The fourth-order valence-corrected chi connectivity index (χ4v) is 3.32. The molecular formula is C19H20N2O5. The molecule has 1 N–H and O–H groups in total. The molecule has 2 aromatic rings. The van der Waals surface area contributed by atoms with E-state index in [4.69, 9.17) is 9.15 Å². The third-order valence-corrected chi connectivity index (χ3v) is 4.62. The van der Waals surface area contributed by atoms with Crippen molar-refractivity contribution in [3.8, 4) is 5.75 Å². The summed E-state index contributed by atoms with van der Waals surface area (Å²) in [5.74, 6) is 1.37. The normalized spacial score (nSPS) is 19.6. The summed E-state index contributed by atoms with van der Waals surface area (Å²) < 4.78 is 10.8. The van der Waals surface area contributed by atoms with Gasteiger partial charge in [0, 0.05) is 16.7 Å². The van der Waals surface area contributed by atoms with Crippen molar-refractivity contribution in [3.63, 3.8) is 0 Å². The van der Waals surface area contributed by atoms with Gasteiger partial charge in [0.25, 0.3) is 5.91 Å². The maximum atomic E-state index is 13.0. The van der Waals surface area contributed by atoms with Crippen molar-refractivity contribution >= 4 is 18.2 Å². The van der Waals surface area contributed by atoms with E-state index < -0.39 is 11.6 Å². The molecule has 1 aromatic heterocycles. The minimum absolute atomic E-state index is 0.000983. The summed E-state index contributed by atoms with van der Waals surface area (Å²) in [5, 5.41) is 2.75. The lowest BCUT2D eigenvalue weighted by atomic mass is 9.92. The van der Waals surface area contributed by atoms with Gasteiger partial charge in [-0.3, -0.25) is 14.5 Å². The molecule has 0 aliphatic carbocycles. The van der Waals surface area contributed by atoms with Gasteiger partial charge in [-0.05, 0) is 45.0 Å². The van der Waals surface area contributed by atoms with E-state index in [-0.39, 0.29) is 12.5 Å². The molecule has 26 heavy (non-hydrogen) atoms. The highest BCUT2D eigenvalue weighted by atomic mass is 16.5. The number of nitrogens with zero attached hydrogens (tertiary/aromatic N) is 1. The molecule has 0 spiro atoms. The van der Waals surface area contributed by atoms with Gasteiger partial charge in [0.1, 0.15) is 29.1 Å². The molecule has 3 rings (SSSR count). The second kappa shape index (κ2) is 6.33. The van der Waals surface area contributed by atoms with Gasteiger partial charge in [-0.2, -0.15) is 0 Å². The number of carbonyl (C=O) groups excluding carboxylic acids is 3. The summed E-state index contributed by atoms with van der Waals surface area (Å²) in [6, 6.07) is 6.11. The van der Waals surface area contributed by atoms with E-state index in [0.717, 1.165) is 4.90 Å². The average molecular weight is 356 g/mol. The van der Waals surface area contributed by atoms with Gasteiger partial charge in [-0.1, -0.05) is 0 Å². The maximum Gasteiger partial charge on any atom is 0.325 e. The van der Waals surface area contributed by atoms with Gasteiger partial charge in [0.15, 0.2) is 0 Å². The third-order valence-electron chi connectivity index (χ3n) is 4.62. The topological polar surface area (TPSA) is 88.8 Å². The summed E-state index contributed by atoms with van der Waals surface area (Å²) in [6.07, 6.45) is 0.705. The number of carbonyl (C=O) groups is 3. The van der Waals surface area contributed by atoms with Crippen LogP contribution in [-0.4, -0.2) is 30.2 Å². The predicted molar refractivity (Wildman–Crippen MR) is 93.0 cm³/mol. The van der Waals surface area contributed by atoms with Gasteiger partial charge >= 0.3 is 6.03 Å². The van der Waals surface area contributed by atoms with Crippen molar-refractivity contribution in [2.45, 2.75) is 32.9 Å². The minimum atomic E-state index is -1.20. The number of rotatable bonds is 5. The van der Waals surface area contributed by atoms with Crippen LogP contribution in [0.3, 0.4) is 0 Å². The molecule has 1 aliphatic heterocycles. The Morgan fingerprint density at radius 3 is 2.58 bits per heavy atom. The second-order valence-corrected chi connectivity index (χ2v) is 6.46. The largest absolute Gasteiger partial charge is 0.496 e. The molecule has 7 heteroatoms. The van der Waals surface area contributed by atoms with Crippen LogP contribution in [0, 0.1) is 13.8 Å². The minimum Gasteiger partial charge on any atom is -0.496 e. The van der Waals surface area contributed by atoms with Crippen molar-refractivity contribution in [1.82, 2.24) is 10.2 Å². The van der Waals surface area contributed by atoms with Crippen molar-refractivity contribution in [2.24, 2.45) is 0 Å². The van der Waals surface area contributed by atoms with E-state index in [1.54, 1.807) is 45.0 Å². The van der Waals surface area contributed by atoms with E-state index in [0.29, 0.717) is 40.2 Å². The first-order valence-electron chi connectivity index (χ1n) is 8.14. The SMILES string of the molecule is COc1ccc(C=O)cc1CN1C(=O)NC(C)(c2cc(C)oc2C)C1=O. The van der Waals surface area contributed by atoms with Crippen LogP contribution in [0.4, 0.5) is 4.79 Å². The van der Waals surface area contributed by atoms with Gasteiger partial charge in [0.2, 0.25) is 0 Å². The van der Waals surface area contributed by atoms with E-state index >= 15 is 0 Å². The van der Waals surface area contributed by atoms with Crippen LogP contribution in [0.1, 0.15) is 39.9 Å². The van der Waals surface area contributed by atoms with Crippen LogP contribution in [0.25, 0.3) is 0 Å². The molecule has 0 saturated carbocycles. The zero-order chi connectivity index (χ0) is 19.1. The lowest BCUT2D eigenvalue weighted by molar-refractivity contribution is -0.131. The highest BCUT2D eigenvalue weighted by molar-refractivity contribution is 6.07. The molecule has 1 unspecified atom stereocenters. The molecule has 136 valence electrons. The molecule has 2 heterocycles. The van der Waals surface area contributed by atoms with Crippen LogP contribution < -0.4 is 10.1 Å². The Morgan fingerprint density at radius 1 is 1.27 bits per heavy atom. The zero-order valence-corrected chi connectivity index (χ0v) is 15.1. The molecular weight excluding hydrogens is 336 g/mol. The number of aryl methyl sites for hydroxylation is 2. The fraction of sp³-hybridized carbons (Fsp3) is 0.316. The first-order chi connectivity index (χ1) is 12.3. The van der Waals surface area contributed by atoms with Gasteiger partial charge in [0.05, 0.1) is 13.7 Å². The summed E-state index contributed by atoms with van der Waals surface area (Å²) >= 11 is 0. The summed E-state index contributed by atoms with van der Waals surface area (Å²) in [4.78, 5) is 37.7. The Morgan fingerprint density at radius 2 is 2.00 bits per heavy atom. The monoisotopic (exact) mass is 356 g/mol. The Labute approximate surface area is 150 Å². The Balaban J connectivity index is 1.96. The van der Waals surface area contributed by atoms with Crippen LogP contribution >= 0.6 is 0 Å². The number of hydrogen-bond donors (Lipinski definition) is 1. The number of urea groups is 1. The number of ether oxygens (including phenoxy) is 1. The number of furan rings is 1. The average Bonchev–Trinajstić information content (AvgIpc) is 3.06. The summed E-state index contributed by atoms with van der Waals surface area (Å²) in [5.41, 5.74) is 0.445. The number of aldehydes is 1. The Kier molecular flexibility index (Phi) is 4.31. The lowest BCUT2D eigenvalue weighted by Crippen LogP contribution is -2.41. The zero-order valence-electron chi connectivity index (χ0n) is 15.1. The molecule has 1 atom stereocenters. The number of imide groups is 1. The molecule has 3 amide bonds. The predicted octanol–water partition coefficient (Wildman–Crippen LogP) is 2.68. The van der Waals surface area contributed by atoms with Gasteiger partial charge < -0.3 is 14.5 Å². The number of nitrogens with one attached hydrogen (secondary N) is 1. The third kappa shape index (κ3) is 2.75. The molecule has 1 fully saturated rings. The van der Waals surface area contributed by atoms with Crippen molar-refractivity contribution in [3.05, 3.63) is 52.5 Å². The smallest absolute Gasteiger partial charge is 0.325 e.